The molecule has 0 aromatic rings. The molecule has 170 valence electrons. The molecule has 0 bridgehead atoms. The van der Waals surface area contributed by atoms with Crippen molar-refractivity contribution in [3.63, 3.8) is 0 Å². The van der Waals surface area contributed by atoms with E-state index in [1.54, 1.807) is 6.08 Å². The minimum absolute atomic E-state index is 0.0377. The number of allylic oxidation sites excluding steroid dienone is 1. The van der Waals surface area contributed by atoms with Crippen molar-refractivity contribution in [2.45, 2.75) is 82.2 Å². The second kappa shape index (κ2) is 13.1. The van der Waals surface area contributed by atoms with Crippen LogP contribution in [0.4, 0.5) is 0 Å². The standard InChI is InChI=1S/C18H34NO8PS/c1-3-4-5-6-7-8-9-13(28(24,25)26)11-29-18-15(19-12(2)21)17(23)16(22)14(10-20)27-18/h9,14-18,20,22-23H,3-8,10-11H2,1-2H3,(H,19,21)(H2,24,25,26)/b13-9+/t14-,15-,16-,17-,18+/m1/s1. The summed E-state index contributed by atoms with van der Waals surface area (Å²) in [5, 5.41) is 32.1. The summed E-state index contributed by atoms with van der Waals surface area (Å²) in [6, 6.07) is -0.984. The second-order valence-corrected chi connectivity index (χ2v) is 9.94. The van der Waals surface area contributed by atoms with E-state index in [1.807, 2.05) is 0 Å². The molecule has 0 aliphatic carbocycles. The van der Waals surface area contributed by atoms with Crippen LogP contribution in [0.1, 0.15) is 52.4 Å². The third kappa shape index (κ3) is 9.06. The number of nitrogens with one attached hydrogen (secondary N) is 1. The summed E-state index contributed by atoms with van der Waals surface area (Å²) in [6.45, 7) is 2.82. The van der Waals surface area contributed by atoms with Crippen molar-refractivity contribution in [1.82, 2.24) is 5.32 Å². The van der Waals surface area contributed by atoms with Crippen molar-refractivity contribution in [3.8, 4) is 0 Å². The van der Waals surface area contributed by atoms with Gasteiger partial charge in [0.25, 0.3) is 0 Å². The van der Waals surface area contributed by atoms with Crippen LogP contribution >= 0.6 is 19.4 Å². The summed E-state index contributed by atoms with van der Waals surface area (Å²) in [7, 11) is -4.47. The van der Waals surface area contributed by atoms with E-state index in [1.165, 1.54) is 6.92 Å². The Morgan fingerprint density at radius 1 is 1.17 bits per heavy atom. The van der Waals surface area contributed by atoms with Crippen LogP contribution in [0.5, 0.6) is 0 Å². The Morgan fingerprint density at radius 3 is 2.38 bits per heavy atom. The SMILES string of the molecule is CCCCCCC/C=C(\CS[C@@H]1O[C@H](CO)[C@@H](O)[C@H](O)[C@H]1NC(C)=O)P(=O)(O)O. The Hall–Kier alpha value is -0.450. The van der Waals surface area contributed by atoms with Crippen LogP contribution in [0.25, 0.3) is 0 Å². The number of hydrogen-bond donors (Lipinski definition) is 6. The Bertz CT molecular complexity index is 584. The molecular formula is C18H34NO8PS. The zero-order valence-corrected chi connectivity index (χ0v) is 18.6. The molecule has 1 aliphatic heterocycles. The molecule has 1 aliphatic rings. The van der Waals surface area contributed by atoms with Gasteiger partial charge >= 0.3 is 7.60 Å². The Labute approximate surface area is 176 Å². The van der Waals surface area contributed by atoms with Crippen molar-refractivity contribution in [2.75, 3.05) is 12.4 Å². The summed E-state index contributed by atoms with van der Waals surface area (Å²) >= 11 is 1.000. The predicted molar refractivity (Wildman–Crippen MR) is 111 cm³/mol. The van der Waals surface area contributed by atoms with E-state index >= 15 is 0 Å². The van der Waals surface area contributed by atoms with Gasteiger partial charge in [-0.3, -0.25) is 9.36 Å². The average molecular weight is 456 g/mol. The third-order valence-electron chi connectivity index (χ3n) is 4.71. The van der Waals surface area contributed by atoms with Crippen LogP contribution in [0.2, 0.25) is 0 Å². The second-order valence-electron chi connectivity index (χ2n) is 7.19. The van der Waals surface area contributed by atoms with E-state index in [-0.39, 0.29) is 11.1 Å². The number of aliphatic hydroxyl groups excluding tert-OH is 3. The Balaban J connectivity index is 2.80. The molecule has 1 rings (SSSR count). The fraction of sp³-hybridized carbons (Fsp3) is 0.833. The summed E-state index contributed by atoms with van der Waals surface area (Å²) in [6.07, 6.45) is 3.41. The minimum atomic E-state index is -4.47. The molecular weight excluding hydrogens is 421 g/mol. The van der Waals surface area contributed by atoms with Gasteiger partial charge in [0.05, 0.1) is 12.6 Å². The lowest BCUT2D eigenvalue weighted by atomic mass is 9.98. The maximum Gasteiger partial charge on any atom is 0.352 e. The molecule has 6 N–H and O–H groups in total. The smallest absolute Gasteiger partial charge is 0.352 e. The number of unbranched alkanes of at least 4 members (excludes halogenated alkanes) is 5. The van der Waals surface area contributed by atoms with Crippen LogP contribution in [0.3, 0.4) is 0 Å². The fourth-order valence-electron chi connectivity index (χ4n) is 3.06. The van der Waals surface area contributed by atoms with Gasteiger partial charge in [0.2, 0.25) is 5.91 Å². The number of amides is 1. The van der Waals surface area contributed by atoms with Gasteiger partial charge in [-0.15, -0.1) is 11.8 Å². The number of thioether (sulfide) groups is 1. The van der Waals surface area contributed by atoms with Gasteiger partial charge in [-0.25, -0.2) is 0 Å². The maximum absolute atomic E-state index is 11.8. The molecule has 0 unspecified atom stereocenters. The number of aliphatic hydroxyl groups is 3. The lowest BCUT2D eigenvalue weighted by Gasteiger charge is -2.42. The number of hydrogen-bond acceptors (Lipinski definition) is 7. The Morgan fingerprint density at radius 2 is 1.83 bits per heavy atom. The molecule has 1 heterocycles. The maximum atomic E-state index is 11.8. The quantitative estimate of drug-likeness (QED) is 0.187. The predicted octanol–water partition coefficient (Wildman–Crippen LogP) is 1.09. The molecule has 0 radical (unpaired) electrons. The fourth-order valence-corrected chi connectivity index (χ4v) is 5.43. The first-order valence-corrected chi connectivity index (χ1v) is 12.5. The van der Waals surface area contributed by atoms with Gasteiger partial charge in [-0.2, -0.15) is 0 Å². The highest BCUT2D eigenvalue weighted by Gasteiger charge is 2.45. The van der Waals surface area contributed by atoms with Crippen molar-refractivity contribution in [1.29, 1.82) is 0 Å². The van der Waals surface area contributed by atoms with Crippen LogP contribution in [0.15, 0.2) is 11.4 Å². The molecule has 11 heteroatoms. The molecule has 1 amide bonds. The van der Waals surface area contributed by atoms with Crippen molar-refractivity contribution >= 4 is 25.3 Å². The average Bonchev–Trinajstić information content (AvgIpc) is 2.64. The molecule has 0 aromatic carbocycles. The van der Waals surface area contributed by atoms with Gasteiger partial charge in [-0.05, 0) is 12.8 Å². The van der Waals surface area contributed by atoms with Gasteiger partial charge in [0.15, 0.2) is 0 Å². The van der Waals surface area contributed by atoms with Gasteiger partial charge in [-0.1, -0.05) is 38.7 Å². The summed E-state index contributed by atoms with van der Waals surface area (Å²) < 4.78 is 17.4. The monoisotopic (exact) mass is 455 g/mol. The van der Waals surface area contributed by atoms with Gasteiger partial charge < -0.3 is 35.2 Å². The number of carbonyl (C=O) groups is 1. The molecule has 29 heavy (non-hydrogen) atoms. The normalized spacial score (nSPS) is 28.4. The van der Waals surface area contributed by atoms with E-state index in [0.29, 0.717) is 6.42 Å². The molecule has 9 nitrogen and oxygen atoms in total. The lowest BCUT2D eigenvalue weighted by molar-refractivity contribution is -0.173. The third-order valence-corrected chi connectivity index (χ3v) is 7.22. The van der Waals surface area contributed by atoms with E-state index in [9.17, 15) is 34.5 Å². The van der Waals surface area contributed by atoms with Crippen molar-refractivity contribution < 1.29 is 39.2 Å². The first kappa shape index (κ1) is 26.6. The molecule has 0 spiro atoms. The zero-order valence-electron chi connectivity index (χ0n) is 16.9. The van der Waals surface area contributed by atoms with Crippen molar-refractivity contribution in [2.24, 2.45) is 0 Å². The highest BCUT2D eigenvalue weighted by molar-refractivity contribution is 8.00. The highest BCUT2D eigenvalue weighted by atomic mass is 32.2. The van der Waals surface area contributed by atoms with Gasteiger partial charge in [0.1, 0.15) is 23.7 Å². The molecule has 0 saturated carbocycles. The van der Waals surface area contributed by atoms with Gasteiger partial charge in [0, 0.05) is 18.0 Å². The zero-order chi connectivity index (χ0) is 22.0. The van der Waals surface area contributed by atoms with Crippen LogP contribution in [0, 0.1) is 0 Å². The minimum Gasteiger partial charge on any atom is -0.394 e. The van der Waals surface area contributed by atoms with Crippen LogP contribution in [-0.2, 0) is 14.1 Å². The molecule has 1 saturated heterocycles. The summed E-state index contributed by atoms with van der Waals surface area (Å²) in [4.78, 5) is 30.7. The number of carbonyl (C=O) groups excluding carboxylic acids is 1. The first-order chi connectivity index (χ1) is 13.6. The van der Waals surface area contributed by atoms with E-state index in [2.05, 4.69) is 12.2 Å². The molecule has 0 aromatic heterocycles. The molecule has 5 atom stereocenters. The van der Waals surface area contributed by atoms with E-state index in [0.717, 1.165) is 43.9 Å². The Kier molecular flexibility index (Phi) is 12.0. The first-order valence-electron chi connectivity index (χ1n) is 9.88. The van der Waals surface area contributed by atoms with E-state index in [4.69, 9.17) is 4.74 Å². The highest BCUT2D eigenvalue weighted by Crippen LogP contribution is 2.47. The van der Waals surface area contributed by atoms with Crippen LogP contribution in [-0.4, -0.2) is 73.2 Å². The largest absolute Gasteiger partial charge is 0.394 e. The molecule has 1 fully saturated rings. The van der Waals surface area contributed by atoms with Crippen molar-refractivity contribution in [3.05, 3.63) is 11.4 Å². The number of rotatable bonds is 12. The topological polar surface area (TPSA) is 157 Å². The lowest BCUT2D eigenvalue weighted by Crippen LogP contribution is -2.63. The summed E-state index contributed by atoms with van der Waals surface area (Å²) in [5.41, 5.74) is -0.894. The summed E-state index contributed by atoms with van der Waals surface area (Å²) in [5.74, 6) is -0.517. The number of ether oxygens (including phenoxy) is 1. The van der Waals surface area contributed by atoms with Crippen LogP contribution < -0.4 is 5.32 Å². The van der Waals surface area contributed by atoms with E-state index < -0.39 is 49.9 Å².